The summed E-state index contributed by atoms with van der Waals surface area (Å²) in [5.41, 5.74) is 1.41. The Morgan fingerprint density at radius 2 is 1.68 bits per heavy atom. The first-order valence-electron chi connectivity index (χ1n) is 11.2. The maximum absolute atomic E-state index is 12.6. The largest absolute Gasteiger partial charge is 0.414 e. The second-order valence-corrected chi connectivity index (χ2v) is 9.37. The molecule has 3 amide bonds. The summed E-state index contributed by atoms with van der Waals surface area (Å²) in [6.45, 7) is 0.553. The van der Waals surface area contributed by atoms with Crippen molar-refractivity contribution in [2.45, 2.75) is 17.7 Å². The van der Waals surface area contributed by atoms with E-state index >= 15 is 0 Å². The molecule has 0 aliphatic rings. The van der Waals surface area contributed by atoms with Crippen LogP contribution in [0.1, 0.15) is 22.3 Å². The van der Waals surface area contributed by atoms with Gasteiger partial charge in [-0.3, -0.25) is 9.59 Å². The molecule has 0 aliphatic heterocycles. The first-order chi connectivity index (χ1) is 17.8. The number of anilines is 1. The number of pyridine rings is 1. The van der Waals surface area contributed by atoms with Crippen LogP contribution in [0, 0.1) is 0 Å². The number of hydrogen-bond donors (Lipinski definition) is 3. The highest BCUT2D eigenvalue weighted by Crippen LogP contribution is 2.16. The zero-order valence-corrected chi connectivity index (χ0v) is 20.8. The van der Waals surface area contributed by atoms with Crippen LogP contribution < -0.4 is 20.1 Å². The summed E-state index contributed by atoms with van der Waals surface area (Å²) in [5.74, 6) is -1.20. The normalized spacial score (nSPS) is 10.8. The highest BCUT2D eigenvalue weighted by Gasteiger charge is 2.19. The average Bonchev–Trinajstić information content (AvgIpc) is 2.89. The van der Waals surface area contributed by atoms with Crippen molar-refractivity contribution in [1.82, 2.24) is 15.0 Å². The van der Waals surface area contributed by atoms with Crippen LogP contribution in [-0.2, 0) is 26.0 Å². The van der Waals surface area contributed by atoms with Crippen LogP contribution in [0.3, 0.4) is 0 Å². The minimum atomic E-state index is -4.19. The Balaban J connectivity index is 1.52. The topological polar surface area (TPSA) is 153 Å². The maximum atomic E-state index is 12.6. The van der Waals surface area contributed by atoms with Crippen molar-refractivity contribution in [3.8, 4) is 5.88 Å². The molecule has 194 valence electrons. The summed E-state index contributed by atoms with van der Waals surface area (Å²) in [7, 11) is -2.70. The van der Waals surface area contributed by atoms with Gasteiger partial charge in [0.1, 0.15) is 0 Å². The molecule has 3 aromatic rings. The van der Waals surface area contributed by atoms with Gasteiger partial charge in [-0.25, -0.2) is 22.9 Å². The number of hydrogen-bond acceptors (Lipinski definition) is 8. The molecule has 0 saturated carbocycles. The molecule has 3 rings (SSSR count). The summed E-state index contributed by atoms with van der Waals surface area (Å²) < 4.78 is 36.9. The van der Waals surface area contributed by atoms with E-state index < -0.39 is 22.0 Å². The predicted molar refractivity (Wildman–Crippen MR) is 135 cm³/mol. The Labute approximate surface area is 214 Å². The lowest BCUT2D eigenvalue weighted by molar-refractivity contribution is -0.116. The Bertz CT molecular complexity index is 1310. The van der Waals surface area contributed by atoms with Crippen molar-refractivity contribution in [3.63, 3.8) is 0 Å². The predicted octanol–water partition coefficient (Wildman–Crippen LogP) is 2.51. The summed E-state index contributed by atoms with van der Waals surface area (Å²) >= 11 is 0. The monoisotopic (exact) mass is 526 g/mol. The molecule has 0 atom stereocenters. The smallest absolute Gasteiger partial charge is 0.391 e. The van der Waals surface area contributed by atoms with Crippen molar-refractivity contribution in [1.29, 1.82) is 0 Å². The summed E-state index contributed by atoms with van der Waals surface area (Å²) in [4.78, 5) is 39.9. The standard InChI is InChI=1S/C25H26N4O7S/c1-35-16-15-26-25(32)36-23-14-8-19(17-27-23)24(31)29-37(33,34)21-11-9-20(10-12-21)28-22(30)13-7-18-5-3-2-4-6-18/h2-6,8-12,14,17H,7,13,15-16H2,1H3,(H,26,32)(H,28,30)(H,29,31). The Morgan fingerprint density at radius 1 is 0.946 bits per heavy atom. The lowest BCUT2D eigenvalue weighted by atomic mass is 10.1. The zero-order valence-electron chi connectivity index (χ0n) is 20.0. The number of ether oxygens (including phenoxy) is 2. The number of carbonyl (C=O) groups excluding carboxylic acids is 3. The maximum Gasteiger partial charge on any atom is 0.414 e. The fourth-order valence-corrected chi connectivity index (χ4v) is 4.02. The highest BCUT2D eigenvalue weighted by molar-refractivity contribution is 7.90. The van der Waals surface area contributed by atoms with Crippen molar-refractivity contribution in [2.24, 2.45) is 0 Å². The quantitative estimate of drug-likeness (QED) is 0.322. The molecule has 0 aliphatic carbocycles. The summed E-state index contributed by atoms with van der Waals surface area (Å²) in [6, 6.07) is 17.5. The molecule has 0 radical (unpaired) electrons. The van der Waals surface area contributed by atoms with Gasteiger partial charge in [0.25, 0.3) is 15.9 Å². The van der Waals surface area contributed by atoms with Gasteiger partial charge in [0, 0.05) is 38.0 Å². The first kappa shape index (κ1) is 27.3. The third-order valence-corrected chi connectivity index (χ3v) is 6.28. The number of methoxy groups -OCH3 is 1. The van der Waals surface area contributed by atoms with Gasteiger partial charge in [-0.2, -0.15) is 0 Å². The Hall–Kier alpha value is -4.29. The van der Waals surface area contributed by atoms with E-state index in [0.29, 0.717) is 18.7 Å². The second kappa shape index (κ2) is 13.1. The van der Waals surface area contributed by atoms with E-state index in [1.54, 1.807) is 0 Å². The molecule has 0 bridgehead atoms. The van der Waals surface area contributed by atoms with Crippen LogP contribution in [-0.4, -0.2) is 51.6 Å². The number of sulfonamides is 1. The Kier molecular flexibility index (Phi) is 9.69. The summed E-state index contributed by atoms with van der Waals surface area (Å²) in [5, 5.41) is 5.15. The summed E-state index contributed by atoms with van der Waals surface area (Å²) in [6.07, 6.45) is 1.18. The fourth-order valence-electron chi connectivity index (χ4n) is 3.04. The van der Waals surface area contributed by atoms with Crippen LogP contribution in [0.4, 0.5) is 10.5 Å². The van der Waals surface area contributed by atoms with Crippen LogP contribution in [0.15, 0.2) is 77.8 Å². The SMILES string of the molecule is COCCNC(=O)Oc1ccc(C(=O)NS(=O)(=O)c2ccc(NC(=O)CCc3ccccc3)cc2)cn1. The van der Waals surface area contributed by atoms with Gasteiger partial charge in [-0.15, -0.1) is 0 Å². The second-order valence-electron chi connectivity index (χ2n) is 7.69. The van der Waals surface area contributed by atoms with Gasteiger partial charge in [0.15, 0.2) is 0 Å². The molecule has 0 saturated heterocycles. The average molecular weight is 527 g/mol. The van der Waals surface area contributed by atoms with Crippen LogP contribution in [0.25, 0.3) is 0 Å². The van der Waals surface area contributed by atoms with Gasteiger partial charge in [-0.05, 0) is 42.3 Å². The Morgan fingerprint density at radius 3 is 2.32 bits per heavy atom. The van der Waals surface area contributed by atoms with E-state index in [2.05, 4.69) is 15.6 Å². The number of rotatable bonds is 11. The van der Waals surface area contributed by atoms with E-state index in [0.717, 1.165) is 11.8 Å². The van der Waals surface area contributed by atoms with Gasteiger partial charge in [0.05, 0.1) is 17.1 Å². The van der Waals surface area contributed by atoms with Crippen molar-refractivity contribution >= 4 is 33.6 Å². The van der Waals surface area contributed by atoms with Crippen LogP contribution in [0.2, 0.25) is 0 Å². The molecule has 11 nitrogen and oxygen atoms in total. The molecule has 0 unspecified atom stereocenters. The minimum Gasteiger partial charge on any atom is -0.391 e. The van der Waals surface area contributed by atoms with Gasteiger partial charge in [-0.1, -0.05) is 30.3 Å². The third kappa shape index (κ3) is 8.70. The molecule has 0 fully saturated rings. The number of carbonyl (C=O) groups is 3. The molecule has 37 heavy (non-hydrogen) atoms. The van der Waals surface area contributed by atoms with E-state index in [1.807, 2.05) is 35.1 Å². The van der Waals surface area contributed by atoms with Crippen molar-refractivity contribution in [3.05, 3.63) is 84.1 Å². The first-order valence-corrected chi connectivity index (χ1v) is 12.7. The lowest BCUT2D eigenvalue weighted by Gasteiger charge is -2.09. The van der Waals surface area contributed by atoms with E-state index in [1.165, 1.54) is 43.5 Å². The van der Waals surface area contributed by atoms with E-state index in [4.69, 9.17) is 9.47 Å². The van der Waals surface area contributed by atoms with Crippen LogP contribution >= 0.6 is 0 Å². The molecule has 0 spiro atoms. The number of nitrogens with one attached hydrogen (secondary N) is 3. The molecule has 1 aromatic heterocycles. The van der Waals surface area contributed by atoms with E-state index in [9.17, 15) is 22.8 Å². The highest BCUT2D eigenvalue weighted by atomic mass is 32.2. The lowest BCUT2D eigenvalue weighted by Crippen LogP contribution is -2.31. The van der Waals surface area contributed by atoms with Crippen LogP contribution in [0.5, 0.6) is 5.88 Å². The third-order valence-electron chi connectivity index (χ3n) is 4.93. The number of nitrogens with zero attached hydrogens (tertiary/aromatic N) is 1. The molecular formula is C25H26N4O7S. The van der Waals surface area contributed by atoms with E-state index in [-0.39, 0.29) is 35.2 Å². The molecule has 2 aromatic carbocycles. The van der Waals surface area contributed by atoms with Gasteiger partial charge < -0.3 is 20.1 Å². The number of amides is 3. The zero-order chi connectivity index (χ0) is 26.7. The van der Waals surface area contributed by atoms with Crippen molar-refractivity contribution < 1.29 is 32.3 Å². The molecule has 3 N–H and O–H groups in total. The molecule has 1 heterocycles. The van der Waals surface area contributed by atoms with Gasteiger partial charge >= 0.3 is 6.09 Å². The number of aromatic nitrogens is 1. The van der Waals surface area contributed by atoms with Crippen molar-refractivity contribution in [2.75, 3.05) is 25.6 Å². The molecule has 12 heteroatoms. The minimum absolute atomic E-state index is 0.0574. The number of benzene rings is 2. The number of aryl methyl sites for hydroxylation is 1. The molecular weight excluding hydrogens is 500 g/mol. The van der Waals surface area contributed by atoms with Gasteiger partial charge in [0.2, 0.25) is 11.8 Å². The fraction of sp³-hybridized carbons (Fsp3) is 0.200.